The molecule has 0 aliphatic heterocycles. The van der Waals surface area contributed by atoms with Gasteiger partial charge in [-0.1, -0.05) is 25.9 Å². The lowest BCUT2D eigenvalue weighted by Gasteiger charge is -2.16. The van der Waals surface area contributed by atoms with Gasteiger partial charge in [-0.15, -0.1) is 11.3 Å². The molecule has 2 N–H and O–H groups in total. The Balaban J connectivity index is 2.69. The molecule has 0 saturated heterocycles. The second-order valence-electron chi connectivity index (χ2n) is 5.49. The molecule has 1 rings (SSSR count). The minimum Gasteiger partial charge on any atom is -0.480 e. The first-order valence-corrected chi connectivity index (χ1v) is 7.25. The summed E-state index contributed by atoms with van der Waals surface area (Å²) in [4.78, 5) is 16.0. The highest BCUT2D eigenvalue weighted by molar-refractivity contribution is 7.12. The van der Waals surface area contributed by atoms with Gasteiger partial charge in [0.2, 0.25) is 0 Å². The topological polar surface area (TPSA) is 98.1 Å². The molecule has 6 nitrogen and oxygen atoms in total. The van der Waals surface area contributed by atoms with Gasteiger partial charge in [-0.05, 0) is 36.0 Å². The van der Waals surface area contributed by atoms with Crippen LogP contribution in [-0.2, 0) is 10.2 Å². The Kier molecular flexibility index (Phi) is 6.01. The standard InChI is InChI=1S/C13H20N4O2S/c1-13(2,3)10-6-5-9(20-10)11(12(18)19)15-7-4-8-16-17-14/h5-6,11,15H,4,7-8H2,1-3H3,(H,18,19). The first-order chi connectivity index (χ1) is 9.36. The first kappa shape index (κ1) is 16.5. The van der Waals surface area contributed by atoms with Crippen LogP contribution in [0, 0.1) is 0 Å². The number of hydrogen-bond acceptors (Lipinski definition) is 4. The molecule has 1 heterocycles. The van der Waals surface area contributed by atoms with Gasteiger partial charge in [0.25, 0.3) is 0 Å². The fraction of sp³-hybridized carbons (Fsp3) is 0.615. The fourth-order valence-corrected chi connectivity index (χ4v) is 2.80. The summed E-state index contributed by atoms with van der Waals surface area (Å²) in [6.07, 6.45) is 0.616. The smallest absolute Gasteiger partial charge is 0.326 e. The Hall–Kier alpha value is -1.56. The summed E-state index contributed by atoms with van der Waals surface area (Å²) in [5.41, 5.74) is 8.19. The zero-order chi connectivity index (χ0) is 15.2. The predicted octanol–water partition coefficient (Wildman–Crippen LogP) is 3.46. The van der Waals surface area contributed by atoms with Crippen LogP contribution in [0.4, 0.5) is 0 Å². The highest BCUT2D eigenvalue weighted by atomic mass is 32.1. The van der Waals surface area contributed by atoms with Crippen LogP contribution in [0.1, 0.15) is 43.0 Å². The van der Waals surface area contributed by atoms with E-state index in [4.69, 9.17) is 5.53 Å². The van der Waals surface area contributed by atoms with Crippen LogP contribution in [0.15, 0.2) is 17.2 Å². The summed E-state index contributed by atoms with van der Waals surface area (Å²) in [6, 6.07) is 3.14. The number of carboxylic acids is 1. The molecule has 0 aliphatic carbocycles. The van der Waals surface area contributed by atoms with Gasteiger partial charge in [-0.25, -0.2) is 0 Å². The molecule has 0 fully saturated rings. The predicted molar refractivity (Wildman–Crippen MR) is 80.0 cm³/mol. The van der Waals surface area contributed by atoms with E-state index in [-0.39, 0.29) is 5.41 Å². The third-order valence-corrected chi connectivity index (χ3v) is 4.32. The van der Waals surface area contributed by atoms with Gasteiger partial charge in [0.1, 0.15) is 6.04 Å². The van der Waals surface area contributed by atoms with Crippen molar-refractivity contribution in [1.82, 2.24) is 5.32 Å². The third kappa shape index (κ3) is 4.85. The molecule has 1 aromatic heterocycles. The Bertz CT molecular complexity index is 501. The minimum atomic E-state index is -0.893. The lowest BCUT2D eigenvalue weighted by molar-refractivity contribution is -0.139. The molecule has 20 heavy (non-hydrogen) atoms. The Morgan fingerprint density at radius 2 is 2.25 bits per heavy atom. The maximum Gasteiger partial charge on any atom is 0.326 e. The van der Waals surface area contributed by atoms with Gasteiger partial charge in [-0.2, -0.15) is 0 Å². The van der Waals surface area contributed by atoms with Gasteiger partial charge < -0.3 is 10.4 Å². The van der Waals surface area contributed by atoms with Gasteiger partial charge in [0.15, 0.2) is 0 Å². The van der Waals surface area contributed by atoms with Crippen molar-refractivity contribution in [2.45, 2.75) is 38.6 Å². The summed E-state index contributed by atoms with van der Waals surface area (Å²) in [5.74, 6) is -0.893. The molecular weight excluding hydrogens is 276 g/mol. The van der Waals surface area contributed by atoms with E-state index in [9.17, 15) is 9.90 Å². The van der Waals surface area contributed by atoms with Crippen molar-refractivity contribution >= 4 is 17.3 Å². The number of carboxylic acid groups (broad SMARTS) is 1. The largest absolute Gasteiger partial charge is 0.480 e. The highest BCUT2D eigenvalue weighted by Gasteiger charge is 2.23. The van der Waals surface area contributed by atoms with Crippen molar-refractivity contribution in [1.29, 1.82) is 0 Å². The Morgan fingerprint density at radius 3 is 2.75 bits per heavy atom. The molecule has 0 amide bonds. The lowest BCUT2D eigenvalue weighted by atomic mass is 9.95. The molecular formula is C13H20N4O2S. The molecule has 0 radical (unpaired) electrons. The van der Waals surface area contributed by atoms with Crippen molar-refractivity contribution in [3.63, 3.8) is 0 Å². The van der Waals surface area contributed by atoms with Gasteiger partial charge >= 0.3 is 5.97 Å². The van der Waals surface area contributed by atoms with E-state index in [1.165, 1.54) is 11.3 Å². The van der Waals surface area contributed by atoms with Gasteiger partial charge in [0.05, 0.1) is 0 Å². The van der Waals surface area contributed by atoms with Crippen molar-refractivity contribution in [3.8, 4) is 0 Å². The number of carbonyl (C=O) groups is 1. The van der Waals surface area contributed by atoms with Gasteiger partial charge in [0, 0.05) is 21.2 Å². The number of nitrogens with one attached hydrogen (secondary N) is 1. The van der Waals surface area contributed by atoms with Crippen molar-refractivity contribution in [2.75, 3.05) is 13.1 Å². The zero-order valence-corrected chi connectivity index (χ0v) is 12.8. The van der Waals surface area contributed by atoms with Crippen LogP contribution in [0.3, 0.4) is 0 Å². The van der Waals surface area contributed by atoms with Crippen LogP contribution < -0.4 is 5.32 Å². The van der Waals surface area contributed by atoms with Crippen LogP contribution in [0.25, 0.3) is 10.4 Å². The number of nitrogens with zero attached hydrogens (tertiary/aromatic N) is 3. The number of azide groups is 1. The van der Waals surface area contributed by atoms with E-state index in [1.54, 1.807) is 0 Å². The number of rotatable bonds is 7. The zero-order valence-electron chi connectivity index (χ0n) is 12.0. The summed E-state index contributed by atoms with van der Waals surface area (Å²) >= 11 is 1.52. The molecule has 0 aromatic carbocycles. The monoisotopic (exact) mass is 296 g/mol. The van der Waals surface area contributed by atoms with Gasteiger partial charge in [-0.3, -0.25) is 4.79 Å². The highest BCUT2D eigenvalue weighted by Crippen LogP contribution is 2.32. The number of aliphatic carboxylic acids is 1. The molecule has 0 saturated carbocycles. The Labute approximate surface area is 122 Å². The quantitative estimate of drug-likeness (QED) is 0.349. The number of thiophene rings is 1. The molecule has 1 unspecified atom stereocenters. The molecule has 7 heteroatoms. The molecule has 1 atom stereocenters. The van der Waals surface area contributed by atoms with E-state index in [1.807, 2.05) is 12.1 Å². The van der Waals surface area contributed by atoms with Crippen molar-refractivity contribution in [2.24, 2.45) is 5.11 Å². The summed E-state index contributed by atoms with van der Waals surface area (Å²) < 4.78 is 0. The maximum atomic E-state index is 11.3. The molecule has 110 valence electrons. The van der Waals surface area contributed by atoms with Crippen LogP contribution in [0.5, 0.6) is 0 Å². The van der Waals surface area contributed by atoms with Crippen molar-refractivity contribution in [3.05, 3.63) is 32.3 Å². The number of hydrogen-bond donors (Lipinski definition) is 2. The van der Waals surface area contributed by atoms with Crippen molar-refractivity contribution < 1.29 is 9.90 Å². The lowest BCUT2D eigenvalue weighted by Crippen LogP contribution is -2.28. The maximum absolute atomic E-state index is 11.3. The van der Waals surface area contributed by atoms with Crippen LogP contribution in [0.2, 0.25) is 0 Å². The summed E-state index contributed by atoms with van der Waals surface area (Å²) in [7, 11) is 0. The summed E-state index contributed by atoms with van der Waals surface area (Å²) in [6.45, 7) is 7.18. The van der Waals surface area contributed by atoms with E-state index < -0.39 is 12.0 Å². The molecule has 0 spiro atoms. The van der Waals surface area contributed by atoms with E-state index in [2.05, 4.69) is 36.1 Å². The summed E-state index contributed by atoms with van der Waals surface area (Å²) in [5, 5.41) is 15.7. The van der Waals surface area contributed by atoms with E-state index in [0.29, 0.717) is 19.5 Å². The second-order valence-corrected chi connectivity index (χ2v) is 6.60. The van der Waals surface area contributed by atoms with Crippen LogP contribution >= 0.6 is 11.3 Å². The van der Waals surface area contributed by atoms with E-state index >= 15 is 0 Å². The fourth-order valence-electron chi connectivity index (χ4n) is 1.66. The first-order valence-electron chi connectivity index (χ1n) is 6.43. The minimum absolute atomic E-state index is 0.0213. The van der Waals surface area contributed by atoms with E-state index in [0.717, 1.165) is 9.75 Å². The van der Waals surface area contributed by atoms with Crippen LogP contribution in [-0.4, -0.2) is 24.2 Å². The normalized spacial score (nSPS) is 12.8. The SMILES string of the molecule is CC(C)(C)c1ccc(C(NCCCN=[N+]=[N-])C(=O)O)s1. The molecule has 0 aliphatic rings. The average molecular weight is 296 g/mol. The average Bonchev–Trinajstić information content (AvgIpc) is 2.82. The molecule has 1 aromatic rings. The Morgan fingerprint density at radius 1 is 1.55 bits per heavy atom. The molecule has 0 bridgehead atoms. The second kappa shape index (κ2) is 7.28. The third-order valence-electron chi connectivity index (χ3n) is 2.74.